The normalized spacial score (nSPS) is 10.4. The number of nitrogens with one attached hydrogen (secondary N) is 1. The number of hydrogen-bond acceptors (Lipinski definition) is 4. The van der Waals surface area contributed by atoms with Gasteiger partial charge in [-0.3, -0.25) is 4.79 Å². The van der Waals surface area contributed by atoms with E-state index in [4.69, 9.17) is 4.74 Å². The molecule has 1 aromatic carbocycles. The van der Waals surface area contributed by atoms with Crippen LogP contribution in [0, 0.1) is 0 Å². The van der Waals surface area contributed by atoms with Gasteiger partial charge in [0, 0.05) is 18.7 Å². The summed E-state index contributed by atoms with van der Waals surface area (Å²) >= 11 is 3.34. The van der Waals surface area contributed by atoms with Gasteiger partial charge in [-0.1, -0.05) is 25.1 Å². The van der Waals surface area contributed by atoms with Gasteiger partial charge in [-0.15, -0.1) is 0 Å². The van der Waals surface area contributed by atoms with Crippen molar-refractivity contribution in [2.45, 2.75) is 26.4 Å². The molecule has 0 radical (unpaired) electrons. The van der Waals surface area contributed by atoms with E-state index in [9.17, 15) is 4.79 Å². The van der Waals surface area contributed by atoms with Crippen molar-refractivity contribution < 1.29 is 4.74 Å². The van der Waals surface area contributed by atoms with Gasteiger partial charge >= 0.3 is 0 Å². The van der Waals surface area contributed by atoms with Crippen LogP contribution in [0.2, 0.25) is 0 Å². The van der Waals surface area contributed by atoms with Gasteiger partial charge in [0.25, 0.3) is 5.56 Å². The first-order valence-corrected chi connectivity index (χ1v) is 7.58. The Morgan fingerprint density at radius 2 is 2.14 bits per heavy atom. The fraction of sp³-hybridized carbons (Fsp3) is 0.333. The van der Waals surface area contributed by atoms with Gasteiger partial charge < -0.3 is 10.1 Å². The van der Waals surface area contributed by atoms with E-state index >= 15 is 0 Å². The lowest BCUT2D eigenvalue weighted by atomic mass is 10.2. The molecule has 0 aliphatic rings. The summed E-state index contributed by atoms with van der Waals surface area (Å²) in [5, 5.41) is 7.38. The molecule has 0 saturated heterocycles. The highest BCUT2D eigenvalue weighted by Gasteiger charge is 2.09. The number of anilines is 1. The Bertz CT molecular complexity index is 670. The zero-order valence-corrected chi connectivity index (χ0v) is 13.7. The van der Waals surface area contributed by atoms with E-state index in [2.05, 4.69) is 26.3 Å². The van der Waals surface area contributed by atoms with Crippen LogP contribution in [0.1, 0.15) is 18.9 Å². The maximum absolute atomic E-state index is 12.1. The van der Waals surface area contributed by atoms with Gasteiger partial charge in [0.2, 0.25) is 0 Å². The zero-order valence-electron chi connectivity index (χ0n) is 12.1. The summed E-state index contributed by atoms with van der Waals surface area (Å²) in [5.74, 6) is 0.813. The Balaban J connectivity index is 2.17. The Labute approximate surface area is 132 Å². The van der Waals surface area contributed by atoms with E-state index in [0.717, 1.165) is 17.7 Å². The van der Waals surface area contributed by atoms with Crippen LogP contribution in [0.4, 0.5) is 5.69 Å². The maximum atomic E-state index is 12.1. The van der Waals surface area contributed by atoms with Crippen LogP contribution >= 0.6 is 15.9 Å². The van der Waals surface area contributed by atoms with E-state index in [1.165, 1.54) is 4.68 Å². The molecule has 112 valence electrons. The van der Waals surface area contributed by atoms with Gasteiger partial charge in [-0.25, -0.2) is 4.68 Å². The van der Waals surface area contributed by atoms with Gasteiger partial charge in [-0.2, -0.15) is 5.10 Å². The second kappa shape index (κ2) is 7.26. The molecule has 0 amide bonds. The van der Waals surface area contributed by atoms with Crippen LogP contribution in [0.25, 0.3) is 0 Å². The minimum absolute atomic E-state index is 0.123. The van der Waals surface area contributed by atoms with Crippen molar-refractivity contribution in [3.8, 4) is 5.75 Å². The largest absolute Gasteiger partial charge is 0.496 e. The third-order valence-corrected chi connectivity index (χ3v) is 3.85. The van der Waals surface area contributed by atoms with E-state index in [1.54, 1.807) is 13.3 Å². The summed E-state index contributed by atoms with van der Waals surface area (Å²) in [4.78, 5) is 12.1. The van der Waals surface area contributed by atoms with Crippen molar-refractivity contribution in [1.29, 1.82) is 0 Å². The van der Waals surface area contributed by atoms with Crippen molar-refractivity contribution in [2.24, 2.45) is 0 Å². The Hall–Kier alpha value is -1.82. The number of aromatic nitrogens is 2. The molecule has 0 aliphatic carbocycles. The number of para-hydroxylation sites is 1. The summed E-state index contributed by atoms with van der Waals surface area (Å²) in [6.45, 7) is 3.18. The molecule has 1 heterocycles. The molecule has 0 unspecified atom stereocenters. The first kappa shape index (κ1) is 15.6. The van der Waals surface area contributed by atoms with Gasteiger partial charge in [0.1, 0.15) is 10.2 Å². The highest BCUT2D eigenvalue weighted by Crippen LogP contribution is 2.21. The number of aryl methyl sites for hydroxylation is 1. The fourth-order valence-electron chi connectivity index (χ4n) is 2.00. The summed E-state index contributed by atoms with van der Waals surface area (Å²) in [6, 6.07) is 7.76. The maximum Gasteiger partial charge on any atom is 0.283 e. The van der Waals surface area contributed by atoms with E-state index in [1.807, 2.05) is 31.2 Å². The molecule has 2 rings (SSSR count). The molecule has 1 N–H and O–H groups in total. The molecule has 21 heavy (non-hydrogen) atoms. The lowest BCUT2D eigenvalue weighted by Gasteiger charge is -2.12. The van der Waals surface area contributed by atoms with Crippen LogP contribution in [0.15, 0.2) is 39.7 Å². The topological polar surface area (TPSA) is 56.1 Å². The molecule has 2 aromatic rings. The minimum Gasteiger partial charge on any atom is -0.496 e. The quantitative estimate of drug-likeness (QED) is 0.868. The zero-order chi connectivity index (χ0) is 15.2. The predicted octanol–water partition coefficient (Wildman–Crippen LogP) is 3.04. The van der Waals surface area contributed by atoms with Crippen molar-refractivity contribution >= 4 is 21.6 Å². The van der Waals surface area contributed by atoms with Crippen LogP contribution in [0.5, 0.6) is 5.75 Å². The van der Waals surface area contributed by atoms with Crippen LogP contribution in [0.3, 0.4) is 0 Å². The number of nitrogens with zero attached hydrogens (tertiary/aromatic N) is 2. The molecule has 0 bridgehead atoms. The van der Waals surface area contributed by atoms with Crippen LogP contribution < -0.4 is 15.6 Å². The van der Waals surface area contributed by atoms with E-state index in [0.29, 0.717) is 23.2 Å². The van der Waals surface area contributed by atoms with Gasteiger partial charge in [0.15, 0.2) is 0 Å². The predicted molar refractivity (Wildman–Crippen MR) is 86.8 cm³/mol. The van der Waals surface area contributed by atoms with Crippen molar-refractivity contribution in [2.75, 3.05) is 12.4 Å². The summed E-state index contributed by atoms with van der Waals surface area (Å²) in [6.07, 6.45) is 2.53. The van der Waals surface area contributed by atoms with Crippen molar-refractivity contribution in [1.82, 2.24) is 9.78 Å². The average molecular weight is 352 g/mol. The number of ether oxygens (including phenoxy) is 1. The Morgan fingerprint density at radius 1 is 1.38 bits per heavy atom. The second-order valence-electron chi connectivity index (χ2n) is 4.57. The highest BCUT2D eigenvalue weighted by atomic mass is 79.9. The standard InChI is InChI=1S/C15H18BrN3O2/c1-3-8-19-15(20)14(16)12(10-18-19)17-9-11-6-4-5-7-13(11)21-2/h4-7,10,17H,3,8-9H2,1-2H3. The van der Waals surface area contributed by atoms with Crippen LogP contribution in [-0.4, -0.2) is 16.9 Å². The van der Waals surface area contributed by atoms with Crippen molar-refractivity contribution in [3.63, 3.8) is 0 Å². The lowest BCUT2D eigenvalue weighted by molar-refractivity contribution is 0.410. The molecule has 0 fully saturated rings. The minimum atomic E-state index is -0.123. The Kier molecular flexibility index (Phi) is 5.38. The number of benzene rings is 1. The molecule has 0 aliphatic heterocycles. The summed E-state index contributed by atoms with van der Waals surface area (Å²) in [7, 11) is 1.64. The van der Waals surface area contributed by atoms with E-state index < -0.39 is 0 Å². The van der Waals surface area contributed by atoms with Crippen LogP contribution in [-0.2, 0) is 13.1 Å². The Morgan fingerprint density at radius 3 is 2.86 bits per heavy atom. The first-order valence-electron chi connectivity index (χ1n) is 6.78. The summed E-state index contributed by atoms with van der Waals surface area (Å²) in [5.41, 5.74) is 1.57. The summed E-state index contributed by atoms with van der Waals surface area (Å²) < 4.78 is 7.26. The van der Waals surface area contributed by atoms with Crippen molar-refractivity contribution in [3.05, 3.63) is 50.9 Å². The molecular weight excluding hydrogens is 334 g/mol. The molecule has 0 saturated carbocycles. The molecule has 0 atom stereocenters. The number of hydrogen-bond donors (Lipinski definition) is 1. The third-order valence-electron chi connectivity index (χ3n) is 3.08. The highest BCUT2D eigenvalue weighted by molar-refractivity contribution is 9.10. The lowest BCUT2D eigenvalue weighted by Crippen LogP contribution is -2.24. The average Bonchev–Trinajstić information content (AvgIpc) is 2.51. The fourth-order valence-corrected chi connectivity index (χ4v) is 2.45. The van der Waals surface area contributed by atoms with Gasteiger partial charge in [-0.05, 0) is 28.4 Å². The smallest absolute Gasteiger partial charge is 0.283 e. The number of rotatable bonds is 6. The first-order chi connectivity index (χ1) is 10.2. The molecule has 0 spiro atoms. The number of halogens is 1. The van der Waals surface area contributed by atoms with E-state index in [-0.39, 0.29) is 5.56 Å². The molecular formula is C15H18BrN3O2. The second-order valence-corrected chi connectivity index (χ2v) is 5.36. The SMILES string of the molecule is CCCn1ncc(NCc2ccccc2OC)c(Br)c1=O. The van der Waals surface area contributed by atoms with Gasteiger partial charge in [0.05, 0.1) is 19.0 Å². The molecule has 1 aromatic heterocycles. The third kappa shape index (κ3) is 3.64. The molecule has 6 heteroatoms. The monoisotopic (exact) mass is 351 g/mol. The molecule has 5 nitrogen and oxygen atoms in total. The number of methoxy groups -OCH3 is 1.